The van der Waals surface area contributed by atoms with Crippen molar-refractivity contribution >= 4 is 23.4 Å². The molecule has 4 unspecified atom stereocenters. The number of aromatic nitrogens is 3. The third kappa shape index (κ3) is 2.87. The molecule has 2 bridgehead atoms. The second-order valence-corrected chi connectivity index (χ2v) is 8.07. The third-order valence-electron chi connectivity index (χ3n) is 6.24. The van der Waals surface area contributed by atoms with Crippen LogP contribution in [0.3, 0.4) is 0 Å². The van der Waals surface area contributed by atoms with Crippen LogP contribution in [0.15, 0.2) is 36.5 Å². The number of amides is 1. The van der Waals surface area contributed by atoms with Gasteiger partial charge in [0.1, 0.15) is 11.6 Å². The molecule has 0 saturated heterocycles. The number of nitrogens with zero attached hydrogens (tertiary/aromatic N) is 2. The van der Waals surface area contributed by atoms with E-state index in [0.29, 0.717) is 17.8 Å². The van der Waals surface area contributed by atoms with Crippen LogP contribution in [-0.4, -0.2) is 26.9 Å². The topological polar surface area (TPSA) is 109 Å². The Kier molecular flexibility index (Phi) is 3.96. The number of hydrogen-bond acceptors (Lipinski definition) is 5. The standard InChI is InChI=1S/C21H24N6O/c1-11-3-2-4-14(9-11)24-21-26-19-15(7-8-23-19)20(27-21)25-17-13-6-5-12(10-13)16(17)18(22)28/h2-4,7-9,12-13,16-17H,5-6,10H2,1H3,(H2,22,28)(H3,23,24,25,26,27). The summed E-state index contributed by atoms with van der Waals surface area (Å²) >= 11 is 0. The number of anilines is 3. The molecule has 0 aromatic heterocycles. The Hall–Kier alpha value is -3.09. The maximum atomic E-state index is 12.1. The van der Waals surface area contributed by atoms with Crippen molar-refractivity contribution in [1.82, 2.24) is 15.0 Å². The normalized spacial score (nSPS) is 25.9. The van der Waals surface area contributed by atoms with Crippen molar-refractivity contribution in [2.75, 3.05) is 10.6 Å². The zero-order valence-electron chi connectivity index (χ0n) is 15.8. The number of aryl methyl sites for hydroxylation is 1. The summed E-state index contributed by atoms with van der Waals surface area (Å²) in [7, 11) is 0. The highest BCUT2D eigenvalue weighted by Gasteiger charge is 2.50. The van der Waals surface area contributed by atoms with Crippen LogP contribution in [-0.2, 0) is 4.79 Å². The van der Waals surface area contributed by atoms with Gasteiger partial charge in [-0.3, -0.25) is 4.79 Å². The van der Waals surface area contributed by atoms with Crippen molar-refractivity contribution in [1.29, 1.82) is 0 Å². The molecular formula is C21H24N6O. The number of aromatic amines is 1. The summed E-state index contributed by atoms with van der Waals surface area (Å²) in [5.74, 6) is 2.64. The van der Waals surface area contributed by atoms with E-state index in [9.17, 15) is 4.79 Å². The maximum Gasteiger partial charge on any atom is 0.222 e. The quantitative estimate of drug-likeness (QED) is 0.546. The van der Waals surface area contributed by atoms with Crippen LogP contribution in [0.5, 0.6) is 0 Å². The van der Waals surface area contributed by atoms with Crippen molar-refractivity contribution in [3.8, 4) is 11.4 Å². The van der Waals surface area contributed by atoms with Gasteiger partial charge >= 0.3 is 0 Å². The summed E-state index contributed by atoms with van der Waals surface area (Å²) < 4.78 is 0. The molecule has 2 heterocycles. The lowest BCUT2D eigenvalue weighted by Gasteiger charge is -2.30. The number of H-pyrrole nitrogens is 1. The number of carbonyl (C=O) groups is 1. The number of hydrogen-bond donors (Lipinski definition) is 4. The molecule has 0 radical (unpaired) electrons. The highest BCUT2D eigenvalue weighted by Crippen LogP contribution is 2.49. The highest BCUT2D eigenvalue weighted by molar-refractivity contribution is 5.80. The summed E-state index contributed by atoms with van der Waals surface area (Å²) in [5, 5.41) is 6.88. The van der Waals surface area contributed by atoms with Gasteiger partial charge in [-0.15, -0.1) is 0 Å². The fourth-order valence-corrected chi connectivity index (χ4v) is 5.03. The SMILES string of the molecule is Cc1cccc(Nc2nc(NC3C4CCC(C4)C3C(N)=O)c3ccnc-3[nH]2)c1. The molecule has 144 valence electrons. The lowest BCUT2D eigenvalue weighted by molar-refractivity contribution is -0.123. The first-order valence-electron chi connectivity index (χ1n) is 9.83. The molecule has 2 aliphatic carbocycles. The van der Waals surface area contributed by atoms with Crippen LogP contribution in [0.2, 0.25) is 0 Å². The fraction of sp³-hybridized carbons (Fsp3) is 0.381. The lowest BCUT2D eigenvalue weighted by Crippen LogP contribution is -2.42. The number of nitrogens with two attached hydrogens (primary N) is 1. The minimum absolute atomic E-state index is 0.0380. The van der Waals surface area contributed by atoms with E-state index in [1.54, 1.807) is 6.20 Å². The van der Waals surface area contributed by atoms with Crippen molar-refractivity contribution in [2.45, 2.75) is 32.2 Å². The van der Waals surface area contributed by atoms with Gasteiger partial charge in [0.25, 0.3) is 0 Å². The van der Waals surface area contributed by atoms with Crippen LogP contribution in [0, 0.1) is 24.7 Å². The Morgan fingerprint density at radius 1 is 1.25 bits per heavy atom. The second-order valence-electron chi connectivity index (χ2n) is 8.07. The number of benzene rings is 1. The van der Waals surface area contributed by atoms with Crippen LogP contribution >= 0.6 is 0 Å². The molecule has 1 aromatic rings. The Morgan fingerprint density at radius 2 is 2.11 bits per heavy atom. The Balaban J connectivity index is 1.47. The van der Waals surface area contributed by atoms with Crippen LogP contribution in [0.4, 0.5) is 17.5 Å². The van der Waals surface area contributed by atoms with Gasteiger partial charge in [0.2, 0.25) is 11.9 Å². The Bertz CT molecular complexity index is 998. The lowest BCUT2D eigenvalue weighted by atomic mass is 9.84. The maximum absolute atomic E-state index is 12.1. The number of fused-ring (bicyclic) bond motifs is 3. The van der Waals surface area contributed by atoms with E-state index in [-0.39, 0.29) is 17.9 Å². The molecule has 7 nitrogen and oxygen atoms in total. The molecule has 1 aromatic carbocycles. The van der Waals surface area contributed by atoms with Gasteiger partial charge in [-0.2, -0.15) is 4.98 Å². The first-order chi connectivity index (χ1) is 13.6. The van der Waals surface area contributed by atoms with Crippen LogP contribution < -0.4 is 16.4 Å². The first kappa shape index (κ1) is 17.0. The van der Waals surface area contributed by atoms with E-state index in [1.165, 1.54) is 5.56 Å². The van der Waals surface area contributed by atoms with E-state index < -0.39 is 0 Å². The molecule has 5 rings (SSSR count). The fourth-order valence-electron chi connectivity index (χ4n) is 5.03. The zero-order chi connectivity index (χ0) is 19.3. The Labute approximate surface area is 163 Å². The first-order valence-corrected chi connectivity index (χ1v) is 9.83. The third-order valence-corrected chi connectivity index (χ3v) is 6.24. The second kappa shape index (κ2) is 6.51. The van der Waals surface area contributed by atoms with Gasteiger partial charge in [0.15, 0.2) is 0 Å². The zero-order valence-corrected chi connectivity index (χ0v) is 15.8. The highest BCUT2D eigenvalue weighted by atomic mass is 16.1. The molecule has 2 saturated carbocycles. The summed E-state index contributed by atoms with van der Waals surface area (Å²) in [6.07, 6.45) is 5.07. The number of primary amides is 1. The molecule has 28 heavy (non-hydrogen) atoms. The van der Waals surface area contributed by atoms with E-state index >= 15 is 0 Å². The Morgan fingerprint density at radius 3 is 2.93 bits per heavy atom. The molecule has 5 N–H and O–H groups in total. The van der Waals surface area contributed by atoms with E-state index in [2.05, 4.69) is 39.7 Å². The number of carbonyl (C=O) groups excluding carboxylic acids is 1. The molecule has 0 spiro atoms. The average molecular weight is 376 g/mol. The molecule has 4 aliphatic rings. The smallest absolute Gasteiger partial charge is 0.222 e. The van der Waals surface area contributed by atoms with Crippen molar-refractivity contribution in [3.05, 3.63) is 42.1 Å². The van der Waals surface area contributed by atoms with Gasteiger partial charge in [-0.25, -0.2) is 4.98 Å². The molecule has 4 atom stereocenters. The van der Waals surface area contributed by atoms with Crippen molar-refractivity contribution in [2.24, 2.45) is 23.5 Å². The average Bonchev–Trinajstić information content (AvgIpc) is 3.37. The summed E-state index contributed by atoms with van der Waals surface area (Å²) in [6.45, 7) is 2.05. The number of nitrogens with one attached hydrogen (secondary N) is 3. The van der Waals surface area contributed by atoms with Gasteiger partial charge in [-0.1, -0.05) is 12.1 Å². The van der Waals surface area contributed by atoms with E-state index in [4.69, 9.17) is 10.7 Å². The predicted molar refractivity (Wildman–Crippen MR) is 108 cm³/mol. The van der Waals surface area contributed by atoms with E-state index in [0.717, 1.165) is 42.2 Å². The van der Waals surface area contributed by atoms with E-state index in [1.807, 2.05) is 18.2 Å². The molecule has 2 aliphatic heterocycles. The van der Waals surface area contributed by atoms with Gasteiger partial charge in [-0.05, 0) is 61.8 Å². The molecule has 7 heteroatoms. The molecular weight excluding hydrogens is 352 g/mol. The summed E-state index contributed by atoms with van der Waals surface area (Å²) in [4.78, 5) is 24.5. The van der Waals surface area contributed by atoms with Gasteiger partial charge in [0, 0.05) is 17.9 Å². The minimum atomic E-state index is -0.206. The number of rotatable bonds is 5. The molecule has 1 amide bonds. The largest absolute Gasteiger partial charge is 0.369 e. The van der Waals surface area contributed by atoms with Crippen molar-refractivity contribution < 1.29 is 4.79 Å². The van der Waals surface area contributed by atoms with Crippen LogP contribution in [0.1, 0.15) is 24.8 Å². The summed E-state index contributed by atoms with van der Waals surface area (Å²) in [6, 6.07) is 10.1. The monoisotopic (exact) mass is 376 g/mol. The minimum Gasteiger partial charge on any atom is -0.369 e. The molecule has 2 fully saturated rings. The van der Waals surface area contributed by atoms with Crippen molar-refractivity contribution in [3.63, 3.8) is 0 Å². The predicted octanol–water partition coefficient (Wildman–Crippen LogP) is 3.27. The van der Waals surface area contributed by atoms with Crippen LogP contribution in [0.25, 0.3) is 11.4 Å². The van der Waals surface area contributed by atoms with Gasteiger partial charge < -0.3 is 21.4 Å². The van der Waals surface area contributed by atoms with Gasteiger partial charge in [0.05, 0.1) is 11.5 Å². The summed E-state index contributed by atoms with van der Waals surface area (Å²) in [5.41, 5.74) is 8.78.